The van der Waals surface area contributed by atoms with E-state index >= 15 is 0 Å². The molecular weight excluding hydrogens is 266 g/mol. The second-order valence-corrected chi connectivity index (χ2v) is 5.06. The molecule has 0 saturated heterocycles. The Labute approximate surface area is 104 Å². The number of hydrogen-bond acceptors (Lipinski definition) is 2. The quantitative estimate of drug-likeness (QED) is 0.827. The van der Waals surface area contributed by atoms with E-state index in [1.807, 2.05) is 25.4 Å². The maximum Gasteiger partial charge on any atom is 0.130 e. The molecule has 16 heavy (non-hydrogen) atoms. The number of hydrogen-bond donors (Lipinski definition) is 0. The first-order valence-electron chi connectivity index (χ1n) is 5.28. The predicted molar refractivity (Wildman–Crippen MR) is 69.9 cm³/mol. The molecule has 0 aliphatic carbocycles. The summed E-state index contributed by atoms with van der Waals surface area (Å²) in [4.78, 5) is 13.4. The van der Waals surface area contributed by atoms with Crippen LogP contribution in [0.2, 0.25) is 0 Å². The molecule has 0 bridgehead atoms. The van der Waals surface area contributed by atoms with Crippen molar-refractivity contribution < 1.29 is 4.79 Å². The third kappa shape index (κ3) is 2.05. The van der Waals surface area contributed by atoms with E-state index in [0.717, 1.165) is 4.48 Å². The lowest BCUT2D eigenvalue weighted by molar-refractivity contribution is -0.117. The molecule has 84 valence electrons. The Balaban J connectivity index is 2.45. The fourth-order valence-corrected chi connectivity index (χ4v) is 2.81. The fraction of sp³-hybridized carbons (Fsp3) is 0.308. The first-order valence-corrected chi connectivity index (χ1v) is 6.07. The zero-order chi connectivity index (χ0) is 11.7. The summed E-state index contributed by atoms with van der Waals surface area (Å²) in [7, 11) is 2.02. The molecule has 0 saturated carbocycles. The number of carbonyl (C=O) groups excluding carboxylic acids is 1. The Hall–Kier alpha value is -1.09. The van der Waals surface area contributed by atoms with Gasteiger partial charge in [0.05, 0.1) is 0 Å². The van der Waals surface area contributed by atoms with E-state index in [4.69, 9.17) is 0 Å². The minimum absolute atomic E-state index is 0.171. The third-order valence-electron chi connectivity index (χ3n) is 2.83. The van der Waals surface area contributed by atoms with Gasteiger partial charge in [-0.1, -0.05) is 34.1 Å². The fourth-order valence-electron chi connectivity index (χ4n) is 2.09. The van der Waals surface area contributed by atoms with Crippen LogP contribution in [0.3, 0.4) is 0 Å². The Kier molecular flexibility index (Phi) is 3.15. The number of halogens is 1. The van der Waals surface area contributed by atoms with E-state index in [9.17, 15) is 4.79 Å². The predicted octanol–water partition coefficient (Wildman–Crippen LogP) is 3.44. The van der Waals surface area contributed by atoms with Gasteiger partial charge >= 0.3 is 0 Å². The lowest BCUT2D eigenvalue weighted by Crippen LogP contribution is -2.20. The highest BCUT2D eigenvalue weighted by Gasteiger charge is 2.25. The van der Waals surface area contributed by atoms with E-state index in [1.165, 1.54) is 11.3 Å². The lowest BCUT2D eigenvalue weighted by atomic mass is 9.90. The number of allylic oxidation sites excluding steroid dienone is 1. The molecule has 0 aromatic heterocycles. The van der Waals surface area contributed by atoms with Crippen LogP contribution < -0.4 is 4.90 Å². The number of Topliss-reactive ketones (excluding diaryl/α,β-unsaturated/α-hetero) is 1. The summed E-state index contributed by atoms with van der Waals surface area (Å²) in [6.07, 6.45) is 2.60. The van der Waals surface area contributed by atoms with E-state index in [2.05, 4.69) is 33.0 Å². The maximum atomic E-state index is 11.3. The average Bonchev–Trinajstić information content (AvgIpc) is 2.24. The standard InChI is InChI=1S/C13H14BrNO/c1-9(16)7-11-10-5-3-4-6-13(10)15(2)8-12(11)14/h3-6,8,11H,7H2,1-2H3. The van der Waals surface area contributed by atoms with Crippen molar-refractivity contribution in [3.8, 4) is 0 Å². The molecule has 2 rings (SSSR count). The zero-order valence-electron chi connectivity index (χ0n) is 9.40. The lowest BCUT2D eigenvalue weighted by Gasteiger charge is -2.29. The molecule has 0 amide bonds. The monoisotopic (exact) mass is 279 g/mol. The van der Waals surface area contributed by atoms with Crippen LogP contribution >= 0.6 is 15.9 Å². The number of carbonyl (C=O) groups is 1. The Morgan fingerprint density at radius 2 is 2.12 bits per heavy atom. The van der Waals surface area contributed by atoms with Crippen LogP contribution in [0.4, 0.5) is 5.69 Å². The van der Waals surface area contributed by atoms with Crippen LogP contribution in [0.5, 0.6) is 0 Å². The van der Waals surface area contributed by atoms with Crippen LogP contribution in [-0.4, -0.2) is 12.8 Å². The van der Waals surface area contributed by atoms with Gasteiger partial charge in [-0.05, 0) is 18.6 Å². The molecule has 1 aromatic rings. The second-order valence-electron chi connectivity index (χ2n) is 4.14. The summed E-state index contributed by atoms with van der Waals surface area (Å²) in [5.74, 6) is 0.389. The first-order chi connectivity index (χ1) is 7.59. The highest BCUT2D eigenvalue weighted by atomic mass is 79.9. The van der Waals surface area contributed by atoms with Crippen molar-refractivity contribution in [1.82, 2.24) is 0 Å². The molecule has 0 N–H and O–H groups in total. The summed E-state index contributed by atoms with van der Waals surface area (Å²) < 4.78 is 1.07. The molecule has 1 aliphatic heterocycles. The van der Waals surface area contributed by atoms with Crippen molar-refractivity contribution in [2.24, 2.45) is 0 Å². The van der Waals surface area contributed by atoms with Crippen molar-refractivity contribution in [2.75, 3.05) is 11.9 Å². The van der Waals surface area contributed by atoms with Gasteiger partial charge in [-0.2, -0.15) is 0 Å². The van der Waals surface area contributed by atoms with Gasteiger partial charge in [-0.15, -0.1) is 0 Å². The molecule has 0 radical (unpaired) electrons. The van der Waals surface area contributed by atoms with E-state index in [1.54, 1.807) is 6.92 Å². The van der Waals surface area contributed by atoms with Crippen LogP contribution in [0.1, 0.15) is 24.8 Å². The topological polar surface area (TPSA) is 20.3 Å². The molecule has 1 unspecified atom stereocenters. The maximum absolute atomic E-state index is 11.3. The normalized spacial score (nSPS) is 19.1. The van der Waals surface area contributed by atoms with E-state index in [-0.39, 0.29) is 11.7 Å². The summed E-state index contributed by atoms with van der Waals surface area (Å²) in [5, 5.41) is 0. The highest BCUT2D eigenvalue weighted by Crippen LogP contribution is 2.41. The van der Waals surface area contributed by atoms with Crippen LogP contribution in [-0.2, 0) is 4.79 Å². The van der Waals surface area contributed by atoms with Gasteiger partial charge in [0.1, 0.15) is 5.78 Å². The zero-order valence-corrected chi connectivity index (χ0v) is 11.0. The van der Waals surface area contributed by atoms with Crippen LogP contribution in [0, 0.1) is 0 Å². The van der Waals surface area contributed by atoms with Crippen molar-refractivity contribution in [1.29, 1.82) is 0 Å². The van der Waals surface area contributed by atoms with E-state index < -0.39 is 0 Å². The van der Waals surface area contributed by atoms with Gasteiger partial charge < -0.3 is 4.90 Å². The minimum atomic E-state index is 0.171. The number of para-hydroxylation sites is 1. The van der Waals surface area contributed by atoms with Gasteiger partial charge in [-0.25, -0.2) is 0 Å². The molecule has 1 aromatic carbocycles. The highest BCUT2D eigenvalue weighted by molar-refractivity contribution is 9.11. The second kappa shape index (κ2) is 4.42. The first kappa shape index (κ1) is 11.4. The van der Waals surface area contributed by atoms with Gasteiger partial charge in [0.25, 0.3) is 0 Å². The summed E-state index contributed by atoms with van der Waals surface area (Å²) >= 11 is 3.56. The minimum Gasteiger partial charge on any atom is -0.350 e. The molecule has 1 aliphatic rings. The molecule has 0 fully saturated rings. The van der Waals surface area contributed by atoms with Gasteiger partial charge in [0.15, 0.2) is 0 Å². The summed E-state index contributed by atoms with van der Waals surface area (Å²) in [5.41, 5.74) is 2.39. The molecular formula is C13H14BrNO. The molecule has 0 spiro atoms. The van der Waals surface area contributed by atoms with E-state index in [0.29, 0.717) is 6.42 Å². The third-order valence-corrected chi connectivity index (χ3v) is 3.59. The number of nitrogens with zero attached hydrogens (tertiary/aromatic N) is 1. The number of anilines is 1. The van der Waals surface area contributed by atoms with Crippen LogP contribution in [0.25, 0.3) is 0 Å². The largest absolute Gasteiger partial charge is 0.350 e. The molecule has 1 heterocycles. The number of benzene rings is 1. The average molecular weight is 280 g/mol. The van der Waals surface area contributed by atoms with Crippen molar-refractivity contribution in [3.05, 3.63) is 40.5 Å². The summed E-state index contributed by atoms with van der Waals surface area (Å²) in [6.45, 7) is 1.64. The number of fused-ring (bicyclic) bond motifs is 1. The molecule has 1 atom stereocenters. The van der Waals surface area contributed by atoms with Crippen molar-refractivity contribution in [2.45, 2.75) is 19.3 Å². The SMILES string of the molecule is CC(=O)CC1C(Br)=CN(C)c2ccccc21. The molecule has 2 nitrogen and oxygen atoms in total. The van der Waals surface area contributed by atoms with Gasteiger partial charge in [-0.3, -0.25) is 4.79 Å². The van der Waals surface area contributed by atoms with Gasteiger partial charge in [0, 0.05) is 35.8 Å². The Morgan fingerprint density at radius 3 is 2.81 bits per heavy atom. The number of ketones is 1. The molecule has 3 heteroatoms. The summed E-state index contributed by atoms with van der Waals surface area (Å²) in [6, 6.07) is 8.21. The van der Waals surface area contributed by atoms with Crippen LogP contribution in [0.15, 0.2) is 34.9 Å². The van der Waals surface area contributed by atoms with Crippen molar-refractivity contribution >= 4 is 27.4 Å². The smallest absolute Gasteiger partial charge is 0.130 e. The van der Waals surface area contributed by atoms with Crippen molar-refractivity contribution in [3.63, 3.8) is 0 Å². The Morgan fingerprint density at radius 1 is 1.44 bits per heavy atom. The number of rotatable bonds is 2. The van der Waals surface area contributed by atoms with Gasteiger partial charge in [0.2, 0.25) is 0 Å². The Bertz CT molecular complexity index is 453.